The highest BCUT2D eigenvalue weighted by molar-refractivity contribution is 6.38. The molecule has 0 amide bonds. The van der Waals surface area contributed by atoms with Crippen LogP contribution in [0.4, 0.5) is 5.69 Å². The van der Waals surface area contributed by atoms with Crippen molar-refractivity contribution in [3.8, 4) is 0 Å². The fraction of sp³-hybridized carbons (Fsp3) is 0. The number of benzene rings is 2. The number of halogens is 1. The lowest BCUT2D eigenvalue weighted by Crippen LogP contribution is -2.21. The molecular formula is C11H10ClN3. The summed E-state index contributed by atoms with van der Waals surface area (Å²) in [5.41, 5.74) is 11.2. The molecule has 0 atom stereocenters. The molecule has 0 fully saturated rings. The van der Waals surface area contributed by atoms with Gasteiger partial charge in [0.05, 0.1) is 10.7 Å². The molecule has 0 radical (unpaired) electrons. The molecule has 0 saturated heterocycles. The van der Waals surface area contributed by atoms with Crippen LogP contribution in [0.5, 0.6) is 0 Å². The van der Waals surface area contributed by atoms with Crippen molar-refractivity contribution in [1.29, 1.82) is 0 Å². The lowest BCUT2D eigenvalue weighted by Gasteiger charge is -2.03. The molecule has 0 heterocycles. The SMILES string of the molecule is NC(N)=Nc1ccc2ccccc2c1Cl. The van der Waals surface area contributed by atoms with E-state index in [4.69, 9.17) is 23.1 Å². The summed E-state index contributed by atoms with van der Waals surface area (Å²) in [6.45, 7) is 0. The highest BCUT2D eigenvalue weighted by atomic mass is 35.5. The fourth-order valence-electron chi connectivity index (χ4n) is 1.45. The van der Waals surface area contributed by atoms with Crippen LogP contribution in [0.3, 0.4) is 0 Å². The predicted molar refractivity (Wildman–Crippen MR) is 64.4 cm³/mol. The molecule has 2 aromatic rings. The van der Waals surface area contributed by atoms with Gasteiger partial charge in [-0.05, 0) is 11.5 Å². The Morgan fingerprint density at radius 1 is 1.07 bits per heavy atom. The van der Waals surface area contributed by atoms with Crippen molar-refractivity contribution in [1.82, 2.24) is 0 Å². The number of aliphatic imine (C=N–C) groups is 1. The zero-order valence-corrected chi connectivity index (χ0v) is 8.70. The minimum absolute atomic E-state index is 0.00665. The minimum atomic E-state index is 0.00665. The van der Waals surface area contributed by atoms with Crippen LogP contribution in [-0.2, 0) is 0 Å². The molecule has 0 aliphatic rings. The molecule has 0 saturated carbocycles. The van der Waals surface area contributed by atoms with Gasteiger partial charge < -0.3 is 11.5 Å². The third-order valence-electron chi connectivity index (χ3n) is 2.09. The van der Waals surface area contributed by atoms with Gasteiger partial charge in [0.1, 0.15) is 0 Å². The third-order valence-corrected chi connectivity index (χ3v) is 2.49. The number of nitrogens with zero attached hydrogens (tertiary/aromatic N) is 1. The van der Waals surface area contributed by atoms with Crippen molar-refractivity contribution in [3.63, 3.8) is 0 Å². The molecule has 3 nitrogen and oxygen atoms in total. The second-order valence-corrected chi connectivity index (χ2v) is 3.53. The Hall–Kier alpha value is -1.74. The summed E-state index contributed by atoms with van der Waals surface area (Å²) in [5, 5.41) is 2.58. The summed E-state index contributed by atoms with van der Waals surface area (Å²) in [7, 11) is 0. The average Bonchev–Trinajstić information content (AvgIpc) is 2.22. The van der Waals surface area contributed by atoms with Gasteiger partial charge in [0, 0.05) is 5.39 Å². The number of hydrogen-bond acceptors (Lipinski definition) is 1. The number of fused-ring (bicyclic) bond motifs is 1. The lowest BCUT2D eigenvalue weighted by atomic mass is 10.1. The first-order valence-corrected chi connectivity index (χ1v) is 4.83. The largest absolute Gasteiger partial charge is 0.370 e. The molecule has 0 unspecified atom stereocenters. The second kappa shape index (κ2) is 3.79. The summed E-state index contributed by atoms with van der Waals surface area (Å²) in [4.78, 5) is 3.95. The first kappa shape index (κ1) is 9.80. The zero-order valence-electron chi connectivity index (χ0n) is 7.94. The molecule has 15 heavy (non-hydrogen) atoms. The van der Waals surface area contributed by atoms with Gasteiger partial charge in [0.25, 0.3) is 0 Å². The quantitative estimate of drug-likeness (QED) is 0.572. The molecule has 0 aromatic heterocycles. The van der Waals surface area contributed by atoms with Gasteiger partial charge in [-0.2, -0.15) is 0 Å². The molecule has 0 bridgehead atoms. The van der Waals surface area contributed by atoms with Crippen molar-refractivity contribution in [3.05, 3.63) is 41.4 Å². The van der Waals surface area contributed by atoms with E-state index >= 15 is 0 Å². The molecule has 2 aromatic carbocycles. The first-order chi connectivity index (χ1) is 7.18. The van der Waals surface area contributed by atoms with E-state index in [-0.39, 0.29) is 5.96 Å². The topological polar surface area (TPSA) is 64.4 Å². The minimum Gasteiger partial charge on any atom is -0.370 e. The fourth-order valence-corrected chi connectivity index (χ4v) is 1.72. The van der Waals surface area contributed by atoms with Crippen molar-refractivity contribution >= 4 is 34.0 Å². The maximum atomic E-state index is 6.17. The average molecular weight is 220 g/mol. The molecule has 0 aliphatic heterocycles. The Labute approximate surface area is 92.4 Å². The Balaban J connectivity index is 2.70. The van der Waals surface area contributed by atoms with Crippen LogP contribution in [0.2, 0.25) is 5.02 Å². The first-order valence-electron chi connectivity index (χ1n) is 4.45. The van der Waals surface area contributed by atoms with Gasteiger partial charge in [0.15, 0.2) is 5.96 Å². The van der Waals surface area contributed by atoms with Crippen molar-refractivity contribution in [2.45, 2.75) is 0 Å². The van der Waals surface area contributed by atoms with E-state index in [0.29, 0.717) is 10.7 Å². The molecule has 0 spiro atoms. The smallest absolute Gasteiger partial charge is 0.191 e. The lowest BCUT2D eigenvalue weighted by molar-refractivity contribution is 1.43. The van der Waals surface area contributed by atoms with E-state index < -0.39 is 0 Å². The number of guanidine groups is 1. The zero-order chi connectivity index (χ0) is 10.8. The van der Waals surface area contributed by atoms with Gasteiger partial charge in [-0.1, -0.05) is 41.9 Å². The molecule has 76 valence electrons. The van der Waals surface area contributed by atoms with E-state index in [1.54, 1.807) is 6.07 Å². The van der Waals surface area contributed by atoms with Gasteiger partial charge >= 0.3 is 0 Å². The van der Waals surface area contributed by atoms with Gasteiger partial charge in [-0.3, -0.25) is 0 Å². The standard InChI is InChI=1S/C11H10ClN3/c12-10-8-4-2-1-3-7(8)5-6-9(10)15-11(13)14/h1-6H,(H4,13,14,15). The second-order valence-electron chi connectivity index (χ2n) is 3.16. The summed E-state index contributed by atoms with van der Waals surface area (Å²) < 4.78 is 0. The van der Waals surface area contributed by atoms with Crippen LogP contribution in [0.25, 0.3) is 10.8 Å². The number of hydrogen-bond donors (Lipinski definition) is 2. The van der Waals surface area contributed by atoms with E-state index in [9.17, 15) is 0 Å². The monoisotopic (exact) mass is 219 g/mol. The third kappa shape index (κ3) is 1.87. The van der Waals surface area contributed by atoms with E-state index in [1.807, 2.05) is 30.3 Å². The molecule has 0 aliphatic carbocycles. The molecule has 2 rings (SSSR count). The maximum Gasteiger partial charge on any atom is 0.191 e. The van der Waals surface area contributed by atoms with Crippen LogP contribution < -0.4 is 11.5 Å². The van der Waals surface area contributed by atoms with Crippen molar-refractivity contribution in [2.24, 2.45) is 16.5 Å². The highest BCUT2D eigenvalue weighted by Gasteiger charge is 2.03. The molecular weight excluding hydrogens is 210 g/mol. The Bertz CT molecular complexity index is 530. The van der Waals surface area contributed by atoms with E-state index in [2.05, 4.69) is 4.99 Å². The van der Waals surface area contributed by atoms with Crippen LogP contribution in [-0.4, -0.2) is 5.96 Å². The predicted octanol–water partition coefficient (Wildman–Crippen LogP) is 2.40. The normalized spacial score (nSPS) is 10.2. The van der Waals surface area contributed by atoms with Gasteiger partial charge in [0.2, 0.25) is 0 Å². The summed E-state index contributed by atoms with van der Waals surface area (Å²) in [5.74, 6) is 0.00665. The number of nitrogens with two attached hydrogens (primary N) is 2. The Kier molecular flexibility index (Phi) is 2.47. The van der Waals surface area contributed by atoms with Crippen LogP contribution in [0.15, 0.2) is 41.4 Å². The number of rotatable bonds is 1. The van der Waals surface area contributed by atoms with Gasteiger partial charge in [-0.15, -0.1) is 0 Å². The van der Waals surface area contributed by atoms with Crippen LogP contribution in [0.1, 0.15) is 0 Å². The van der Waals surface area contributed by atoms with E-state index in [0.717, 1.165) is 10.8 Å². The summed E-state index contributed by atoms with van der Waals surface area (Å²) in [6, 6.07) is 11.5. The highest BCUT2D eigenvalue weighted by Crippen LogP contribution is 2.32. The molecule has 4 N–H and O–H groups in total. The summed E-state index contributed by atoms with van der Waals surface area (Å²) in [6.07, 6.45) is 0. The Morgan fingerprint density at radius 3 is 2.53 bits per heavy atom. The maximum absolute atomic E-state index is 6.17. The summed E-state index contributed by atoms with van der Waals surface area (Å²) >= 11 is 6.17. The molecule has 4 heteroatoms. The van der Waals surface area contributed by atoms with Crippen molar-refractivity contribution in [2.75, 3.05) is 0 Å². The van der Waals surface area contributed by atoms with Crippen LogP contribution >= 0.6 is 11.6 Å². The van der Waals surface area contributed by atoms with E-state index in [1.165, 1.54) is 0 Å². The van der Waals surface area contributed by atoms with Crippen LogP contribution in [0, 0.1) is 0 Å². The van der Waals surface area contributed by atoms with Crippen molar-refractivity contribution < 1.29 is 0 Å². The van der Waals surface area contributed by atoms with Gasteiger partial charge in [-0.25, -0.2) is 4.99 Å². The Morgan fingerprint density at radius 2 is 1.80 bits per heavy atom.